The maximum Gasteiger partial charge on any atom is 0.173 e. The zero-order chi connectivity index (χ0) is 12.4. The molecule has 0 aromatic heterocycles. The molecule has 0 radical (unpaired) electrons. The molecule has 0 amide bonds. The van der Waals surface area contributed by atoms with Crippen molar-refractivity contribution in [1.82, 2.24) is 0 Å². The van der Waals surface area contributed by atoms with E-state index >= 15 is 0 Å². The Labute approximate surface area is 107 Å². The molecule has 92 valence electrons. The van der Waals surface area contributed by atoms with Crippen molar-refractivity contribution in [3.05, 3.63) is 28.3 Å². The maximum absolute atomic E-state index is 11.7. The van der Waals surface area contributed by atoms with Crippen LogP contribution >= 0.6 is 11.6 Å². The van der Waals surface area contributed by atoms with Gasteiger partial charge in [-0.05, 0) is 56.4 Å². The lowest BCUT2D eigenvalue weighted by Crippen LogP contribution is -2.30. The van der Waals surface area contributed by atoms with Crippen LogP contribution in [0.5, 0.6) is 5.75 Å². The average Bonchev–Trinajstić information content (AvgIpc) is 2.29. The first-order chi connectivity index (χ1) is 8.08. The number of rotatable bonds is 2. The van der Waals surface area contributed by atoms with E-state index in [0.717, 1.165) is 41.2 Å². The summed E-state index contributed by atoms with van der Waals surface area (Å²) in [5, 5.41) is 0.771. The van der Waals surface area contributed by atoms with E-state index in [1.807, 2.05) is 26.0 Å². The summed E-state index contributed by atoms with van der Waals surface area (Å²) < 4.78 is 5.78. The lowest BCUT2D eigenvalue weighted by atomic mass is 9.96. The molecule has 0 N–H and O–H groups in total. The molecule has 1 aliphatic carbocycles. The summed E-state index contributed by atoms with van der Waals surface area (Å²) in [5.74, 6) is 0.978. The number of Topliss-reactive ketones (excluding diaryl/α,β-unsaturated/α-hetero) is 1. The second kappa shape index (κ2) is 5.09. The SMILES string of the molecule is Cc1cc(OC2CCCCC2=O)cc(C)c1Cl. The lowest BCUT2D eigenvalue weighted by molar-refractivity contribution is -0.127. The van der Waals surface area contributed by atoms with Gasteiger partial charge in [0.25, 0.3) is 0 Å². The van der Waals surface area contributed by atoms with Crippen molar-refractivity contribution in [2.24, 2.45) is 0 Å². The van der Waals surface area contributed by atoms with Gasteiger partial charge in [0.15, 0.2) is 11.9 Å². The third kappa shape index (κ3) is 2.81. The van der Waals surface area contributed by atoms with E-state index in [1.54, 1.807) is 0 Å². The first-order valence-corrected chi connectivity index (χ1v) is 6.42. The highest BCUT2D eigenvalue weighted by atomic mass is 35.5. The summed E-state index contributed by atoms with van der Waals surface area (Å²) in [5.41, 5.74) is 1.98. The van der Waals surface area contributed by atoms with Crippen LogP contribution in [0.25, 0.3) is 0 Å². The van der Waals surface area contributed by atoms with Gasteiger partial charge in [-0.15, -0.1) is 0 Å². The predicted molar refractivity (Wildman–Crippen MR) is 68.8 cm³/mol. The molecule has 2 rings (SSSR count). The summed E-state index contributed by atoms with van der Waals surface area (Å²) in [4.78, 5) is 11.7. The number of carbonyl (C=O) groups is 1. The number of hydrogen-bond donors (Lipinski definition) is 0. The standard InChI is InChI=1S/C14H17ClO2/c1-9-7-11(8-10(2)14(9)15)17-13-6-4-3-5-12(13)16/h7-8,13H,3-6H2,1-2H3. The highest BCUT2D eigenvalue weighted by molar-refractivity contribution is 6.32. The molecule has 0 aliphatic heterocycles. The monoisotopic (exact) mass is 252 g/mol. The van der Waals surface area contributed by atoms with Gasteiger partial charge in [-0.25, -0.2) is 0 Å². The van der Waals surface area contributed by atoms with E-state index in [-0.39, 0.29) is 11.9 Å². The Hall–Kier alpha value is -1.02. The van der Waals surface area contributed by atoms with Gasteiger partial charge in [0.05, 0.1) is 0 Å². The molecule has 0 spiro atoms. The molecule has 2 nitrogen and oxygen atoms in total. The number of aryl methyl sites for hydroxylation is 2. The molecule has 1 fully saturated rings. The normalized spacial score (nSPS) is 20.4. The Kier molecular flexibility index (Phi) is 3.72. The van der Waals surface area contributed by atoms with Crippen molar-refractivity contribution >= 4 is 17.4 Å². The van der Waals surface area contributed by atoms with Gasteiger partial charge >= 0.3 is 0 Å². The fraction of sp³-hybridized carbons (Fsp3) is 0.500. The van der Waals surface area contributed by atoms with Gasteiger partial charge in [-0.2, -0.15) is 0 Å². The van der Waals surface area contributed by atoms with Gasteiger partial charge in [-0.1, -0.05) is 11.6 Å². The van der Waals surface area contributed by atoms with Gasteiger partial charge < -0.3 is 4.74 Å². The van der Waals surface area contributed by atoms with Crippen molar-refractivity contribution in [2.75, 3.05) is 0 Å². The number of halogens is 1. The van der Waals surface area contributed by atoms with E-state index in [9.17, 15) is 4.79 Å². The minimum atomic E-state index is -0.260. The molecular formula is C14H17ClO2. The van der Waals surface area contributed by atoms with Crippen molar-refractivity contribution in [1.29, 1.82) is 0 Å². The topological polar surface area (TPSA) is 26.3 Å². The zero-order valence-electron chi connectivity index (χ0n) is 10.3. The molecule has 1 aromatic carbocycles. The second-order valence-corrected chi connectivity index (χ2v) is 5.07. The molecule has 0 saturated heterocycles. The van der Waals surface area contributed by atoms with Crippen LogP contribution in [0.2, 0.25) is 5.02 Å². The minimum absolute atomic E-state index is 0.224. The van der Waals surface area contributed by atoms with Crippen LogP contribution in [0.1, 0.15) is 36.8 Å². The van der Waals surface area contributed by atoms with Crippen LogP contribution in [0.15, 0.2) is 12.1 Å². The molecule has 0 heterocycles. The molecule has 3 heteroatoms. The summed E-state index contributed by atoms with van der Waals surface area (Å²) >= 11 is 6.10. The molecule has 17 heavy (non-hydrogen) atoms. The van der Waals surface area contributed by atoms with Crippen LogP contribution in [0.3, 0.4) is 0 Å². The molecule has 1 aromatic rings. The molecular weight excluding hydrogens is 236 g/mol. The first kappa shape index (κ1) is 12.4. The highest BCUT2D eigenvalue weighted by Crippen LogP contribution is 2.28. The van der Waals surface area contributed by atoms with Gasteiger partial charge in [0.1, 0.15) is 5.75 Å². The van der Waals surface area contributed by atoms with E-state index < -0.39 is 0 Å². The Bertz CT molecular complexity index is 417. The smallest absolute Gasteiger partial charge is 0.173 e. The Morgan fingerprint density at radius 1 is 1.24 bits per heavy atom. The van der Waals surface area contributed by atoms with Crippen LogP contribution in [0.4, 0.5) is 0 Å². The summed E-state index contributed by atoms with van der Waals surface area (Å²) in [6.45, 7) is 3.90. The molecule has 1 aliphatic rings. The number of benzene rings is 1. The number of carbonyl (C=O) groups excluding carboxylic acids is 1. The van der Waals surface area contributed by atoms with Crippen molar-refractivity contribution < 1.29 is 9.53 Å². The third-order valence-corrected chi connectivity index (χ3v) is 3.78. The zero-order valence-corrected chi connectivity index (χ0v) is 11.0. The number of ether oxygens (including phenoxy) is 1. The van der Waals surface area contributed by atoms with Crippen LogP contribution in [-0.4, -0.2) is 11.9 Å². The maximum atomic E-state index is 11.7. The fourth-order valence-corrected chi connectivity index (χ4v) is 2.32. The van der Waals surface area contributed by atoms with Crippen LogP contribution < -0.4 is 4.74 Å². The number of ketones is 1. The lowest BCUT2D eigenvalue weighted by Gasteiger charge is -2.22. The molecule has 1 saturated carbocycles. The van der Waals surface area contributed by atoms with Gasteiger partial charge in [0.2, 0.25) is 0 Å². The minimum Gasteiger partial charge on any atom is -0.483 e. The summed E-state index contributed by atoms with van der Waals surface area (Å²) in [7, 11) is 0. The van der Waals surface area contributed by atoms with E-state index in [2.05, 4.69) is 0 Å². The van der Waals surface area contributed by atoms with Crippen molar-refractivity contribution in [3.8, 4) is 5.75 Å². The Morgan fingerprint density at radius 3 is 2.47 bits per heavy atom. The Balaban J connectivity index is 2.15. The van der Waals surface area contributed by atoms with Gasteiger partial charge in [0, 0.05) is 11.4 Å². The Morgan fingerprint density at radius 2 is 1.88 bits per heavy atom. The van der Waals surface area contributed by atoms with E-state index in [0.29, 0.717) is 6.42 Å². The van der Waals surface area contributed by atoms with Crippen molar-refractivity contribution in [3.63, 3.8) is 0 Å². The largest absolute Gasteiger partial charge is 0.483 e. The summed E-state index contributed by atoms with van der Waals surface area (Å²) in [6, 6.07) is 3.80. The summed E-state index contributed by atoms with van der Waals surface area (Å²) in [6.07, 6.45) is 3.29. The highest BCUT2D eigenvalue weighted by Gasteiger charge is 2.23. The molecule has 1 unspecified atom stereocenters. The fourth-order valence-electron chi connectivity index (χ4n) is 2.21. The van der Waals surface area contributed by atoms with E-state index in [4.69, 9.17) is 16.3 Å². The van der Waals surface area contributed by atoms with Crippen molar-refractivity contribution in [2.45, 2.75) is 45.6 Å². The molecule has 1 atom stereocenters. The quantitative estimate of drug-likeness (QED) is 0.799. The van der Waals surface area contributed by atoms with E-state index in [1.165, 1.54) is 0 Å². The second-order valence-electron chi connectivity index (χ2n) is 4.69. The third-order valence-electron chi connectivity index (χ3n) is 3.19. The predicted octanol–water partition coefficient (Wildman–Crippen LogP) is 3.85. The first-order valence-electron chi connectivity index (χ1n) is 6.04. The van der Waals surface area contributed by atoms with Crippen LogP contribution in [-0.2, 0) is 4.79 Å². The number of hydrogen-bond acceptors (Lipinski definition) is 2. The average molecular weight is 253 g/mol. The van der Waals surface area contributed by atoms with Gasteiger partial charge in [-0.3, -0.25) is 4.79 Å². The molecule has 0 bridgehead atoms. The van der Waals surface area contributed by atoms with Crippen LogP contribution in [0, 0.1) is 13.8 Å².